The van der Waals surface area contributed by atoms with E-state index in [0.29, 0.717) is 16.3 Å². The molecule has 1 amide bonds. The summed E-state index contributed by atoms with van der Waals surface area (Å²) >= 11 is 1.46. The average Bonchev–Trinajstić information content (AvgIpc) is 2.67. The fraction of sp³-hybridized carbons (Fsp3) is 0.182. The Morgan fingerprint density at radius 3 is 2.61 bits per heavy atom. The monoisotopic (exact) mass is 395 g/mol. The predicted octanol–water partition coefficient (Wildman–Crippen LogP) is 4.83. The SMILES string of the molecule is CN(C)Cc1cccc(NC(=O)c2cccnc2SCc2ccc(F)cc2)c1. The molecular weight excluding hydrogens is 373 g/mol. The van der Waals surface area contributed by atoms with E-state index >= 15 is 0 Å². The van der Waals surface area contributed by atoms with Gasteiger partial charge in [-0.3, -0.25) is 4.79 Å². The fourth-order valence-corrected chi connectivity index (χ4v) is 3.67. The van der Waals surface area contributed by atoms with E-state index in [1.165, 1.54) is 23.9 Å². The Bertz CT molecular complexity index is 945. The van der Waals surface area contributed by atoms with E-state index in [4.69, 9.17) is 0 Å². The van der Waals surface area contributed by atoms with Gasteiger partial charge in [0.1, 0.15) is 10.8 Å². The summed E-state index contributed by atoms with van der Waals surface area (Å²) in [5.41, 5.74) is 3.37. The summed E-state index contributed by atoms with van der Waals surface area (Å²) in [5, 5.41) is 3.60. The molecule has 0 aliphatic carbocycles. The van der Waals surface area contributed by atoms with E-state index in [2.05, 4.69) is 15.2 Å². The number of carbonyl (C=O) groups excluding carboxylic acids is 1. The van der Waals surface area contributed by atoms with E-state index in [1.54, 1.807) is 30.5 Å². The number of benzene rings is 2. The molecule has 6 heteroatoms. The van der Waals surface area contributed by atoms with E-state index in [0.717, 1.165) is 23.4 Å². The van der Waals surface area contributed by atoms with Crippen molar-refractivity contribution in [2.45, 2.75) is 17.3 Å². The average molecular weight is 396 g/mol. The minimum atomic E-state index is -0.261. The Labute approximate surface area is 168 Å². The Hall–Kier alpha value is -2.70. The molecule has 0 aliphatic heterocycles. The molecule has 4 nitrogen and oxygen atoms in total. The molecule has 1 heterocycles. The van der Waals surface area contributed by atoms with Gasteiger partial charge in [-0.05, 0) is 61.6 Å². The van der Waals surface area contributed by atoms with Crippen LogP contribution in [0.15, 0.2) is 71.9 Å². The summed E-state index contributed by atoms with van der Waals surface area (Å²) in [6.07, 6.45) is 1.67. The van der Waals surface area contributed by atoms with Crippen molar-refractivity contribution in [2.24, 2.45) is 0 Å². The molecule has 1 N–H and O–H groups in total. The first kappa shape index (κ1) is 20.0. The van der Waals surface area contributed by atoms with Crippen LogP contribution in [0, 0.1) is 5.82 Å². The van der Waals surface area contributed by atoms with Crippen LogP contribution < -0.4 is 5.32 Å². The lowest BCUT2D eigenvalue weighted by atomic mass is 10.2. The van der Waals surface area contributed by atoms with Crippen LogP contribution in [0.3, 0.4) is 0 Å². The van der Waals surface area contributed by atoms with E-state index in [9.17, 15) is 9.18 Å². The Morgan fingerprint density at radius 2 is 1.86 bits per heavy atom. The number of thioether (sulfide) groups is 1. The lowest BCUT2D eigenvalue weighted by Gasteiger charge is -2.12. The van der Waals surface area contributed by atoms with Crippen LogP contribution in [-0.4, -0.2) is 29.9 Å². The summed E-state index contributed by atoms with van der Waals surface area (Å²) in [7, 11) is 4.01. The quantitative estimate of drug-likeness (QED) is 0.582. The number of halogens is 1. The summed E-state index contributed by atoms with van der Waals surface area (Å²) < 4.78 is 13.1. The minimum absolute atomic E-state index is 0.197. The maximum atomic E-state index is 13.1. The number of anilines is 1. The molecule has 1 aromatic heterocycles. The Balaban J connectivity index is 1.71. The molecule has 3 rings (SSSR count). The van der Waals surface area contributed by atoms with E-state index in [-0.39, 0.29) is 11.7 Å². The summed E-state index contributed by atoms with van der Waals surface area (Å²) in [4.78, 5) is 19.2. The van der Waals surface area contributed by atoms with Crippen molar-refractivity contribution in [3.63, 3.8) is 0 Å². The molecule has 144 valence electrons. The second kappa shape index (κ2) is 9.48. The predicted molar refractivity (Wildman–Crippen MR) is 112 cm³/mol. The van der Waals surface area contributed by atoms with Gasteiger partial charge in [0.2, 0.25) is 0 Å². The zero-order valence-electron chi connectivity index (χ0n) is 15.9. The normalized spacial score (nSPS) is 10.9. The van der Waals surface area contributed by atoms with Crippen molar-refractivity contribution in [3.8, 4) is 0 Å². The Kier molecular flexibility index (Phi) is 6.79. The van der Waals surface area contributed by atoms with Crippen molar-refractivity contribution in [2.75, 3.05) is 19.4 Å². The molecule has 0 fully saturated rings. The molecule has 0 saturated carbocycles. The van der Waals surface area contributed by atoms with Crippen LogP contribution in [-0.2, 0) is 12.3 Å². The van der Waals surface area contributed by atoms with Crippen molar-refractivity contribution >= 4 is 23.4 Å². The molecule has 0 saturated heterocycles. The van der Waals surface area contributed by atoms with Crippen molar-refractivity contribution in [3.05, 3.63) is 89.4 Å². The van der Waals surface area contributed by atoms with E-state index < -0.39 is 0 Å². The number of hydrogen-bond donors (Lipinski definition) is 1. The number of aromatic nitrogens is 1. The molecule has 0 spiro atoms. The molecule has 0 radical (unpaired) electrons. The van der Waals surface area contributed by atoms with Gasteiger partial charge >= 0.3 is 0 Å². The van der Waals surface area contributed by atoms with Crippen molar-refractivity contribution in [1.29, 1.82) is 0 Å². The minimum Gasteiger partial charge on any atom is -0.322 e. The highest BCUT2D eigenvalue weighted by Gasteiger charge is 2.13. The highest BCUT2D eigenvalue weighted by Crippen LogP contribution is 2.25. The zero-order chi connectivity index (χ0) is 19.9. The van der Waals surface area contributed by atoms with E-state index in [1.807, 2.05) is 38.4 Å². The smallest absolute Gasteiger partial charge is 0.258 e. The first-order valence-corrected chi connectivity index (χ1v) is 9.87. The third-order valence-corrected chi connectivity index (χ3v) is 5.06. The molecular formula is C22H22FN3OS. The van der Waals surface area contributed by atoms with Crippen molar-refractivity contribution < 1.29 is 9.18 Å². The highest BCUT2D eigenvalue weighted by atomic mass is 32.2. The van der Waals surface area contributed by atoms with Crippen LogP contribution in [0.1, 0.15) is 21.5 Å². The second-order valence-electron chi connectivity index (χ2n) is 6.66. The molecule has 3 aromatic rings. The van der Waals surface area contributed by atoms with Crippen LogP contribution in [0.4, 0.5) is 10.1 Å². The van der Waals surface area contributed by atoms with Crippen molar-refractivity contribution in [1.82, 2.24) is 9.88 Å². The molecule has 0 atom stereocenters. The lowest BCUT2D eigenvalue weighted by molar-refractivity contribution is 0.102. The van der Waals surface area contributed by atoms with Gasteiger partial charge in [-0.15, -0.1) is 11.8 Å². The standard InChI is InChI=1S/C22H22FN3OS/c1-26(2)14-17-5-3-6-19(13-17)25-21(27)20-7-4-12-24-22(20)28-15-16-8-10-18(23)11-9-16/h3-13H,14-15H2,1-2H3,(H,25,27). The maximum Gasteiger partial charge on any atom is 0.258 e. The number of pyridine rings is 1. The number of hydrogen-bond acceptors (Lipinski definition) is 4. The third-order valence-electron chi connectivity index (χ3n) is 3.99. The lowest BCUT2D eigenvalue weighted by Crippen LogP contribution is -2.14. The number of rotatable bonds is 7. The fourth-order valence-electron chi connectivity index (χ4n) is 2.72. The van der Waals surface area contributed by atoms with Gasteiger partial charge in [0.25, 0.3) is 5.91 Å². The number of nitrogens with zero attached hydrogens (tertiary/aromatic N) is 2. The summed E-state index contributed by atoms with van der Waals surface area (Å²) in [6.45, 7) is 0.801. The van der Waals surface area contributed by atoms with Crippen LogP contribution in [0.2, 0.25) is 0 Å². The number of nitrogens with one attached hydrogen (secondary N) is 1. The molecule has 0 aliphatic rings. The van der Waals surface area contributed by atoms with Crippen LogP contribution in [0.5, 0.6) is 0 Å². The first-order chi connectivity index (χ1) is 13.5. The second-order valence-corrected chi connectivity index (χ2v) is 7.63. The highest BCUT2D eigenvalue weighted by molar-refractivity contribution is 7.98. The topological polar surface area (TPSA) is 45.2 Å². The first-order valence-electron chi connectivity index (χ1n) is 8.88. The van der Waals surface area contributed by atoms with Gasteiger partial charge in [-0.25, -0.2) is 9.37 Å². The number of carbonyl (C=O) groups is 1. The zero-order valence-corrected chi connectivity index (χ0v) is 16.7. The summed E-state index contributed by atoms with van der Waals surface area (Å²) in [6, 6.07) is 17.7. The summed E-state index contributed by atoms with van der Waals surface area (Å²) in [5.74, 6) is 0.149. The number of amides is 1. The van der Waals surface area contributed by atoms with Crippen LogP contribution in [0.25, 0.3) is 0 Å². The van der Waals surface area contributed by atoms with Crippen LogP contribution >= 0.6 is 11.8 Å². The molecule has 28 heavy (non-hydrogen) atoms. The maximum absolute atomic E-state index is 13.1. The van der Waals surface area contributed by atoms with Gasteiger partial charge in [-0.2, -0.15) is 0 Å². The van der Waals surface area contributed by atoms with Gasteiger partial charge in [0.15, 0.2) is 0 Å². The third kappa shape index (κ3) is 5.65. The van der Waals surface area contributed by atoms with Gasteiger partial charge < -0.3 is 10.2 Å². The van der Waals surface area contributed by atoms with Gasteiger partial charge in [0.05, 0.1) is 5.56 Å². The Morgan fingerprint density at radius 1 is 1.07 bits per heavy atom. The molecule has 2 aromatic carbocycles. The van der Waals surface area contributed by atoms with Gasteiger partial charge in [-0.1, -0.05) is 24.3 Å². The largest absolute Gasteiger partial charge is 0.322 e. The molecule has 0 unspecified atom stereocenters. The molecule has 0 bridgehead atoms. The van der Waals surface area contributed by atoms with Gasteiger partial charge in [0, 0.05) is 24.2 Å².